The number of hydrogen-bond donors (Lipinski definition) is 1. The molecule has 0 aliphatic carbocycles. The van der Waals surface area contributed by atoms with Gasteiger partial charge in [0, 0.05) is 11.0 Å². The first-order chi connectivity index (χ1) is 9.88. The Bertz CT molecular complexity index is 665. The molecular formula is C16H14N2OS. The Kier molecular flexibility index (Phi) is 3.74. The van der Waals surface area contributed by atoms with Crippen LogP contribution in [0.2, 0.25) is 0 Å². The second-order valence-corrected chi connectivity index (χ2v) is 5.10. The fraction of sp³-hybridized carbons (Fsp3) is 0.0625. The van der Waals surface area contributed by atoms with Crippen molar-refractivity contribution in [3.05, 3.63) is 71.1 Å². The van der Waals surface area contributed by atoms with Crippen molar-refractivity contribution >= 4 is 22.5 Å². The number of nitrogens with one attached hydrogen (secondary N) is 1. The van der Waals surface area contributed by atoms with Crippen molar-refractivity contribution < 1.29 is 4.74 Å². The van der Waals surface area contributed by atoms with E-state index in [1.54, 1.807) is 18.9 Å². The van der Waals surface area contributed by atoms with Gasteiger partial charge in [-0.25, -0.2) is 0 Å². The summed E-state index contributed by atoms with van der Waals surface area (Å²) in [6.45, 7) is 0. The van der Waals surface area contributed by atoms with E-state index in [9.17, 15) is 0 Å². The first-order valence-electron chi connectivity index (χ1n) is 6.28. The monoisotopic (exact) mass is 282 g/mol. The molecule has 1 aliphatic rings. The van der Waals surface area contributed by atoms with Crippen molar-refractivity contribution in [2.24, 2.45) is 5.10 Å². The van der Waals surface area contributed by atoms with Gasteiger partial charge in [0.1, 0.15) is 10.8 Å². The summed E-state index contributed by atoms with van der Waals surface area (Å²) >= 11 is 1.59. The second kappa shape index (κ2) is 5.84. The molecule has 1 N–H and O–H groups in total. The summed E-state index contributed by atoms with van der Waals surface area (Å²) in [7, 11) is 1.67. The highest BCUT2D eigenvalue weighted by Crippen LogP contribution is 2.28. The van der Waals surface area contributed by atoms with Crippen molar-refractivity contribution in [2.75, 3.05) is 7.11 Å². The molecule has 1 heterocycles. The SMILES string of the molecule is COc1ccccc1C1=NNC(c2ccccc2)=CS1. The fourth-order valence-corrected chi connectivity index (χ4v) is 2.79. The van der Waals surface area contributed by atoms with Gasteiger partial charge in [0.25, 0.3) is 0 Å². The van der Waals surface area contributed by atoms with Crippen LogP contribution in [0.4, 0.5) is 0 Å². The molecule has 0 saturated heterocycles. The van der Waals surface area contributed by atoms with Crippen LogP contribution in [0.1, 0.15) is 11.1 Å². The van der Waals surface area contributed by atoms with Crippen LogP contribution in [0.25, 0.3) is 5.70 Å². The number of nitrogens with zero attached hydrogens (tertiary/aromatic N) is 1. The zero-order valence-corrected chi connectivity index (χ0v) is 11.9. The van der Waals surface area contributed by atoms with Gasteiger partial charge < -0.3 is 4.74 Å². The summed E-state index contributed by atoms with van der Waals surface area (Å²) < 4.78 is 5.37. The summed E-state index contributed by atoms with van der Waals surface area (Å²) in [6.07, 6.45) is 0. The Morgan fingerprint density at radius 3 is 2.45 bits per heavy atom. The van der Waals surface area contributed by atoms with Crippen LogP contribution in [0, 0.1) is 0 Å². The minimum absolute atomic E-state index is 0.831. The van der Waals surface area contributed by atoms with Crippen molar-refractivity contribution in [2.45, 2.75) is 0 Å². The molecular weight excluding hydrogens is 268 g/mol. The highest BCUT2D eigenvalue weighted by Gasteiger charge is 2.14. The van der Waals surface area contributed by atoms with E-state index in [0.717, 1.165) is 27.6 Å². The molecule has 0 amide bonds. The number of ether oxygens (including phenoxy) is 1. The van der Waals surface area contributed by atoms with E-state index in [0.29, 0.717) is 0 Å². The van der Waals surface area contributed by atoms with Crippen LogP contribution < -0.4 is 10.2 Å². The van der Waals surface area contributed by atoms with E-state index in [4.69, 9.17) is 4.74 Å². The van der Waals surface area contributed by atoms with Gasteiger partial charge in [0.2, 0.25) is 0 Å². The molecule has 0 unspecified atom stereocenters. The van der Waals surface area contributed by atoms with E-state index in [1.807, 2.05) is 42.5 Å². The molecule has 0 fully saturated rings. The predicted molar refractivity (Wildman–Crippen MR) is 84.7 cm³/mol. The normalized spacial score (nSPS) is 14.1. The van der Waals surface area contributed by atoms with Crippen LogP contribution in [0.5, 0.6) is 5.75 Å². The molecule has 0 bridgehead atoms. The molecule has 2 aromatic carbocycles. The quantitative estimate of drug-likeness (QED) is 0.932. The van der Waals surface area contributed by atoms with Crippen molar-refractivity contribution in [3.63, 3.8) is 0 Å². The average Bonchev–Trinajstić information content (AvgIpc) is 2.56. The topological polar surface area (TPSA) is 33.6 Å². The Labute approximate surface area is 122 Å². The Morgan fingerprint density at radius 1 is 1.00 bits per heavy atom. The molecule has 0 radical (unpaired) electrons. The summed E-state index contributed by atoms with van der Waals surface area (Å²) in [5.41, 5.74) is 6.24. The van der Waals surface area contributed by atoms with Crippen molar-refractivity contribution in [1.29, 1.82) is 0 Å². The van der Waals surface area contributed by atoms with E-state index in [2.05, 4.69) is 28.1 Å². The molecule has 100 valence electrons. The maximum absolute atomic E-state index is 5.37. The van der Waals surface area contributed by atoms with E-state index in [-0.39, 0.29) is 0 Å². The first-order valence-corrected chi connectivity index (χ1v) is 7.16. The smallest absolute Gasteiger partial charge is 0.132 e. The molecule has 2 aromatic rings. The third-order valence-corrected chi connectivity index (χ3v) is 3.88. The summed E-state index contributed by atoms with van der Waals surface area (Å²) in [6, 6.07) is 18.0. The lowest BCUT2D eigenvalue weighted by atomic mass is 10.2. The van der Waals surface area contributed by atoms with Crippen LogP contribution in [-0.4, -0.2) is 12.2 Å². The third-order valence-electron chi connectivity index (χ3n) is 2.99. The van der Waals surface area contributed by atoms with Crippen LogP contribution in [0.15, 0.2) is 65.1 Å². The number of para-hydroxylation sites is 1. The van der Waals surface area contributed by atoms with Gasteiger partial charge in [0.15, 0.2) is 0 Å². The van der Waals surface area contributed by atoms with Gasteiger partial charge >= 0.3 is 0 Å². The van der Waals surface area contributed by atoms with E-state index < -0.39 is 0 Å². The summed E-state index contributed by atoms with van der Waals surface area (Å²) in [4.78, 5) is 0. The number of hydrogen-bond acceptors (Lipinski definition) is 4. The Balaban J connectivity index is 1.83. The fourth-order valence-electron chi connectivity index (χ4n) is 1.97. The Morgan fingerprint density at radius 2 is 1.75 bits per heavy atom. The van der Waals surface area contributed by atoms with Crippen LogP contribution >= 0.6 is 11.8 Å². The predicted octanol–water partition coefficient (Wildman–Crippen LogP) is 3.69. The van der Waals surface area contributed by atoms with Gasteiger partial charge in [-0.05, 0) is 12.1 Å². The molecule has 0 spiro atoms. The second-order valence-electron chi connectivity index (χ2n) is 4.24. The van der Waals surface area contributed by atoms with Gasteiger partial charge in [-0.3, -0.25) is 5.43 Å². The summed E-state index contributed by atoms with van der Waals surface area (Å²) in [5, 5.41) is 7.43. The Hall–Kier alpha value is -2.20. The lowest BCUT2D eigenvalue weighted by molar-refractivity contribution is 0.414. The molecule has 3 rings (SSSR count). The van der Waals surface area contributed by atoms with Crippen molar-refractivity contribution in [3.8, 4) is 5.75 Å². The standard InChI is InChI=1S/C16H14N2OS/c1-19-15-10-6-5-9-13(15)16-18-17-14(11-20-16)12-7-3-2-4-8-12/h2-11,17H,1H3. The zero-order valence-electron chi connectivity index (χ0n) is 11.0. The van der Waals surface area contributed by atoms with Crippen LogP contribution in [0.3, 0.4) is 0 Å². The number of thioether (sulfide) groups is 1. The molecule has 4 heteroatoms. The van der Waals surface area contributed by atoms with E-state index in [1.165, 1.54) is 0 Å². The largest absolute Gasteiger partial charge is 0.496 e. The first kappa shape index (κ1) is 12.8. The lowest BCUT2D eigenvalue weighted by Crippen LogP contribution is -2.13. The molecule has 1 aliphatic heterocycles. The molecule has 0 saturated carbocycles. The number of methoxy groups -OCH3 is 1. The minimum Gasteiger partial charge on any atom is -0.496 e. The number of rotatable bonds is 3. The molecule has 0 atom stereocenters. The lowest BCUT2D eigenvalue weighted by Gasteiger charge is -2.16. The van der Waals surface area contributed by atoms with Gasteiger partial charge in [0.05, 0.1) is 18.4 Å². The van der Waals surface area contributed by atoms with E-state index >= 15 is 0 Å². The number of benzene rings is 2. The highest BCUT2D eigenvalue weighted by molar-refractivity contribution is 8.17. The maximum Gasteiger partial charge on any atom is 0.132 e. The highest BCUT2D eigenvalue weighted by atomic mass is 32.2. The van der Waals surface area contributed by atoms with Gasteiger partial charge in [-0.2, -0.15) is 5.10 Å². The van der Waals surface area contributed by atoms with Crippen LogP contribution in [-0.2, 0) is 0 Å². The summed E-state index contributed by atoms with van der Waals surface area (Å²) in [5.74, 6) is 0.831. The minimum atomic E-state index is 0.831. The van der Waals surface area contributed by atoms with Crippen molar-refractivity contribution in [1.82, 2.24) is 5.43 Å². The van der Waals surface area contributed by atoms with Gasteiger partial charge in [-0.15, -0.1) is 0 Å². The number of hydrazone groups is 1. The average molecular weight is 282 g/mol. The molecule has 20 heavy (non-hydrogen) atoms. The molecule has 3 nitrogen and oxygen atoms in total. The molecule has 0 aromatic heterocycles. The maximum atomic E-state index is 5.37. The zero-order chi connectivity index (χ0) is 13.8. The van der Waals surface area contributed by atoms with Gasteiger partial charge in [-0.1, -0.05) is 54.2 Å². The third kappa shape index (κ3) is 2.56.